The van der Waals surface area contributed by atoms with Crippen LogP contribution in [0.1, 0.15) is 16.7 Å². The average molecular weight is 285 g/mol. The summed E-state index contributed by atoms with van der Waals surface area (Å²) in [6.07, 6.45) is 2.44. The summed E-state index contributed by atoms with van der Waals surface area (Å²) >= 11 is 1.86. The second-order valence-electron chi connectivity index (χ2n) is 4.40. The van der Waals surface area contributed by atoms with Crippen molar-refractivity contribution in [1.82, 2.24) is 10.2 Å². The summed E-state index contributed by atoms with van der Waals surface area (Å²) in [5, 5.41) is 11.0. The minimum atomic E-state index is 0.544. The highest BCUT2D eigenvalue weighted by Gasteiger charge is 2.03. The second kappa shape index (κ2) is 5.88. The molecule has 3 rings (SSSR count). The molecule has 102 valence electrons. The van der Waals surface area contributed by atoms with Crippen LogP contribution in [-0.2, 0) is 13.0 Å². The van der Waals surface area contributed by atoms with Crippen LogP contribution in [0.4, 0.5) is 5.69 Å². The predicted octanol–water partition coefficient (Wildman–Crippen LogP) is 3.97. The molecular weight excluding hydrogens is 270 g/mol. The number of aromatic nitrogens is 2. The molecule has 0 unspecified atom stereocenters. The first-order chi connectivity index (χ1) is 9.85. The summed E-state index contributed by atoms with van der Waals surface area (Å²) in [6.45, 7) is 3.03. The Morgan fingerprint density at radius 2 is 1.90 bits per heavy atom. The average Bonchev–Trinajstić information content (AvgIpc) is 3.17. The number of anilines is 1. The Morgan fingerprint density at radius 3 is 2.55 bits per heavy atom. The molecule has 3 aromatic rings. The van der Waals surface area contributed by atoms with Gasteiger partial charge in [0.1, 0.15) is 0 Å². The molecule has 0 aliphatic carbocycles. The van der Waals surface area contributed by atoms with Crippen molar-refractivity contribution in [3.05, 3.63) is 52.5 Å². The summed E-state index contributed by atoms with van der Waals surface area (Å²) in [6, 6.07) is 12.4. The summed E-state index contributed by atoms with van der Waals surface area (Å²) < 4.78 is 5.16. The minimum Gasteiger partial charge on any atom is -0.423 e. The van der Waals surface area contributed by atoms with E-state index in [-0.39, 0.29) is 0 Å². The van der Waals surface area contributed by atoms with Gasteiger partial charge in [-0.15, -0.1) is 21.5 Å². The number of hydrogen-bond donors (Lipinski definition) is 1. The maximum Gasteiger partial charge on any atom is 0.247 e. The SMILES string of the molecule is CCc1ccc(CNc2ccc(-c3nnco3)cc2)s1. The molecule has 2 heterocycles. The summed E-state index contributed by atoms with van der Waals surface area (Å²) in [7, 11) is 0. The lowest BCUT2D eigenvalue weighted by Gasteiger charge is -2.05. The molecule has 0 aliphatic rings. The van der Waals surface area contributed by atoms with Gasteiger partial charge in [-0.05, 0) is 42.8 Å². The lowest BCUT2D eigenvalue weighted by molar-refractivity contribution is 0.568. The first kappa shape index (κ1) is 12.9. The van der Waals surface area contributed by atoms with Gasteiger partial charge in [0, 0.05) is 27.5 Å². The largest absolute Gasteiger partial charge is 0.423 e. The van der Waals surface area contributed by atoms with E-state index in [1.54, 1.807) is 0 Å². The zero-order valence-electron chi connectivity index (χ0n) is 11.2. The zero-order chi connectivity index (χ0) is 13.8. The molecular formula is C15H15N3OS. The van der Waals surface area contributed by atoms with E-state index in [4.69, 9.17) is 4.42 Å². The number of thiophene rings is 1. The summed E-state index contributed by atoms with van der Waals surface area (Å²) in [4.78, 5) is 2.77. The highest BCUT2D eigenvalue weighted by Crippen LogP contribution is 2.21. The van der Waals surface area contributed by atoms with E-state index in [2.05, 4.69) is 34.6 Å². The quantitative estimate of drug-likeness (QED) is 0.770. The number of aryl methyl sites for hydroxylation is 1. The first-order valence-corrected chi connectivity index (χ1v) is 7.35. The highest BCUT2D eigenvalue weighted by atomic mass is 32.1. The van der Waals surface area contributed by atoms with E-state index >= 15 is 0 Å². The molecule has 0 bridgehead atoms. The zero-order valence-corrected chi connectivity index (χ0v) is 12.0. The smallest absolute Gasteiger partial charge is 0.247 e. The fourth-order valence-electron chi connectivity index (χ4n) is 1.93. The third-order valence-electron chi connectivity index (χ3n) is 3.02. The van der Waals surface area contributed by atoms with Gasteiger partial charge in [-0.25, -0.2) is 0 Å². The fraction of sp³-hybridized carbons (Fsp3) is 0.200. The van der Waals surface area contributed by atoms with Gasteiger partial charge in [-0.1, -0.05) is 6.92 Å². The molecule has 0 amide bonds. The summed E-state index contributed by atoms with van der Waals surface area (Å²) in [5.74, 6) is 0.544. The molecule has 0 saturated heterocycles. The number of benzene rings is 1. The fourth-order valence-corrected chi connectivity index (χ4v) is 2.82. The molecule has 20 heavy (non-hydrogen) atoms. The van der Waals surface area contributed by atoms with Crippen molar-refractivity contribution in [3.8, 4) is 11.5 Å². The van der Waals surface area contributed by atoms with Crippen molar-refractivity contribution in [2.45, 2.75) is 19.9 Å². The van der Waals surface area contributed by atoms with E-state index in [1.165, 1.54) is 16.1 Å². The van der Waals surface area contributed by atoms with Crippen LogP contribution in [0, 0.1) is 0 Å². The van der Waals surface area contributed by atoms with E-state index in [0.717, 1.165) is 24.2 Å². The van der Waals surface area contributed by atoms with Crippen LogP contribution in [0.25, 0.3) is 11.5 Å². The Hall–Kier alpha value is -2.14. The van der Waals surface area contributed by atoms with E-state index < -0.39 is 0 Å². The standard InChI is InChI=1S/C15H15N3OS/c1-2-13-7-8-14(20-13)9-16-12-5-3-11(4-6-12)15-18-17-10-19-15/h3-8,10,16H,2,9H2,1H3. The molecule has 0 fully saturated rings. The molecule has 0 saturated carbocycles. The normalized spacial score (nSPS) is 10.7. The van der Waals surface area contributed by atoms with E-state index in [0.29, 0.717) is 5.89 Å². The monoisotopic (exact) mass is 285 g/mol. The van der Waals surface area contributed by atoms with Crippen molar-refractivity contribution in [2.75, 3.05) is 5.32 Å². The van der Waals surface area contributed by atoms with Gasteiger partial charge in [0.05, 0.1) is 0 Å². The van der Waals surface area contributed by atoms with Gasteiger partial charge < -0.3 is 9.73 Å². The van der Waals surface area contributed by atoms with Crippen LogP contribution < -0.4 is 5.32 Å². The molecule has 0 spiro atoms. The van der Waals surface area contributed by atoms with Gasteiger partial charge in [0.25, 0.3) is 0 Å². The van der Waals surface area contributed by atoms with Gasteiger partial charge in [0.2, 0.25) is 12.3 Å². The van der Waals surface area contributed by atoms with Crippen LogP contribution in [0.3, 0.4) is 0 Å². The van der Waals surface area contributed by atoms with Crippen LogP contribution in [-0.4, -0.2) is 10.2 Å². The minimum absolute atomic E-state index is 0.544. The van der Waals surface area contributed by atoms with Crippen LogP contribution in [0.2, 0.25) is 0 Å². The third kappa shape index (κ3) is 2.88. The highest BCUT2D eigenvalue weighted by molar-refractivity contribution is 7.12. The molecule has 2 aromatic heterocycles. The van der Waals surface area contributed by atoms with Crippen molar-refractivity contribution >= 4 is 17.0 Å². The maximum atomic E-state index is 5.16. The Bertz CT molecular complexity index is 659. The van der Waals surface area contributed by atoms with Crippen molar-refractivity contribution in [3.63, 3.8) is 0 Å². The number of hydrogen-bond acceptors (Lipinski definition) is 5. The Labute approximate surface area is 121 Å². The Balaban J connectivity index is 1.63. The Morgan fingerprint density at radius 1 is 1.10 bits per heavy atom. The van der Waals surface area contributed by atoms with Crippen LogP contribution >= 0.6 is 11.3 Å². The van der Waals surface area contributed by atoms with Gasteiger partial charge in [-0.2, -0.15) is 0 Å². The molecule has 1 N–H and O–H groups in total. The number of rotatable bonds is 5. The molecule has 5 heteroatoms. The maximum absolute atomic E-state index is 5.16. The molecule has 0 atom stereocenters. The first-order valence-electron chi connectivity index (χ1n) is 6.53. The van der Waals surface area contributed by atoms with Crippen molar-refractivity contribution in [1.29, 1.82) is 0 Å². The van der Waals surface area contributed by atoms with E-state index in [9.17, 15) is 0 Å². The number of nitrogens with zero attached hydrogens (tertiary/aromatic N) is 2. The van der Waals surface area contributed by atoms with Crippen molar-refractivity contribution in [2.24, 2.45) is 0 Å². The lowest BCUT2D eigenvalue weighted by Crippen LogP contribution is -1.96. The molecule has 0 aliphatic heterocycles. The second-order valence-corrected chi connectivity index (χ2v) is 5.65. The number of nitrogens with one attached hydrogen (secondary N) is 1. The molecule has 4 nitrogen and oxygen atoms in total. The van der Waals surface area contributed by atoms with Crippen LogP contribution in [0.5, 0.6) is 0 Å². The third-order valence-corrected chi connectivity index (χ3v) is 4.25. The van der Waals surface area contributed by atoms with Crippen molar-refractivity contribution < 1.29 is 4.42 Å². The van der Waals surface area contributed by atoms with Gasteiger partial charge >= 0.3 is 0 Å². The summed E-state index contributed by atoms with van der Waals surface area (Å²) in [5.41, 5.74) is 2.01. The molecule has 0 radical (unpaired) electrons. The lowest BCUT2D eigenvalue weighted by atomic mass is 10.2. The predicted molar refractivity (Wildman–Crippen MR) is 80.8 cm³/mol. The van der Waals surface area contributed by atoms with Crippen LogP contribution in [0.15, 0.2) is 47.2 Å². The van der Waals surface area contributed by atoms with Gasteiger partial charge in [-0.3, -0.25) is 0 Å². The van der Waals surface area contributed by atoms with E-state index in [1.807, 2.05) is 35.6 Å². The molecule has 1 aromatic carbocycles. The topological polar surface area (TPSA) is 51.0 Å². The Kier molecular flexibility index (Phi) is 3.78. The van der Waals surface area contributed by atoms with Gasteiger partial charge in [0.15, 0.2) is 0 Å².